The zero-order valence-electron chi connectivity index (χ0n) is 10.8. The topological polar surface area (TPSA) is 46.2 Å². The van der Waals surface area contributed by atoms with Crippen LogP contribution in [0.3, 0.4) is 0 Å². The van der Waals surface area contributed by atoms with Crippen LogP contribution < -0.4 is 4.72 Å². The minimum atomic E-state index is -3.37. The molecule has 1 heterocycles. The van der Waals surface area contributed by atoms with Gasteiger partial charge in [0.05, 0.1) is 0 Å². The van der Waals surface area contributed by atoms with Crippen LogP contribution in [-0.4, -0.2) is 14.5 Å². The average molecular weight is 354 g/mol. The van der Waals surface area contributed by atoms with E-state index >= 15 is 0 Å². The predicted molar refractivity (Wildman–Crippen MR) is 80.6 cm³/mol. The molecule has 1 N–H and O–H groups in total. The van der Waals surface area contributed by atoms with Gasteiger partial charge in [-0.05, 0) is 40.7 Å². The zero-order chi connectivity index (χ0) is 13.6. The van der Waals surface area contributed by atoms with Crippen LogP contribution in [0.1, 0.15) is 46.0 Å². The summed E-state index contributed by atoms with van der Waals surface area (Å²) in [4.78, 5) is 0. The fourth-order valence-corrected chi connectivity index (χ4v) is 5.36. The van der Waals surface area contributed by atoms with Crippen LogP contribution in [0.15, 0.2) is 20.1 Å². The molecule has 3 nitrogen and oxygen atoms in total. The maximum absolute atomic E-state index is 12.1. The van der Waals surface area contributed by atoms with Gasteiger partial charge < -0.3 is 0 Å². The zero-order valence-corrected chi connectivity index (χ0v) is 14.0. The highest BCUT2D eigenvalue weighted by molar-refractivity contribution is 9.10. The summed E-state index contributed by atoms with van der Waals surface area (Å²) in [6, 6.07) is 1.74. The van der Waals surface area contributed by atoms with E-state index in [-0.39, 0.29) is 6.04 Å². The minimum absolute atomic E-state index is 0.0131. The fraction of sp³-hybridized carbons (Fsp3) is 0.667. The van der Waals surface area contributed by atoms with E-state index in [2.05, 4.69) is 27.6 Å². The summed E-state index contributed by atoms with van der Waals surface area (Å²) in [7, 11) is -3.37. The Morgan fingerprint density at radius 2 is 2.11 bits per heavy atom. The van der Waals surface area contributed by atoms with E-state index in [0.717, 1.165) is 12.8 Å². The molecular weight excluding hydrogens is 334 g/mol. The lowest BCUT2D eigenvalue weighted by atomic mass is 10.1. The Balaban J connectivity index is 2.48. The van der Waals surface area contributed by atoms with Crippen molar-refractivity contribution in [3.05, 3.63) is 15.9 Å². The number of rotatable bonds is 8. The Bertz CT molecular complexity index is 456. The van der Waals surface area contributed by atoms with E-state index in [9.17, 15) is 8.42 Å². The summed E-state index contributed by atoms with van der Waals surface area (Å²) in [6.45, 7) is 4.09. The van der Waals surface area contributed by atoms with Crippen molar-refractivity contribution in [3.8, 4) is 0 Å². The molecule has 6 heteroatoms. The van der Waals surface area contributed by atoms with Gasteiger partial charge in [0, 0.05) is 10.5 Å². The maximum Gasteiger partial charge on any atom is 0.251 e. The van der Waals surface area contributed by atoms with Crippen molar-refractivity contribution in [2.75, 3.05) is 0 Å². The number of hydrogen-bond donors (Lipinski definition) is 1. The van der Waals surface area contributed by atoms with Gasteiger partial charge >= 0.3 is 0 Å². The molecule has 1 aromatic heterocycles. The van der Waals surface area contributed by atoms with Gasteiger partial charge in [-0.15, -0.1) is 11.3 Å². The third kappa shape index (κ3) is 4.99. The Labute approximate surface area is 122 Å². The summed E-state index contributed by atoms with van der Waals surface area (Å²) in [5, 5.41) is 1.77. The van der Waals surface area contributed by atoms with E-state index in [0.29, 0.717) is 8.68 Å². The first kappa shape index (κ1) is 16.1. The van der Waals surface area contributed by atoms with E-state index in [1.165, 1.54) is 30.6 Å². The predicted octanol–water partition coefficient (Wildman–Crippen LogP) is 4.15. The summed E-state index contributed by atoms with van der Waals surface area (Å²) < 4.78 is 27.9. The molecule has 0 aliphatic rings. The van der Waals surface area contributed by atoms with Crippen LogP contribution >= 0.6 is 27.3 Å². The molecule has 0 spiro atoms. The largest absolute Gasteiger partial charge is 0.251 e. The van der Waals surface area contributed by atoms with Crippen LogP contribution in [0.5, 0.6) is 0 Å². The number of hydrogen-bond acceptors (Lipinski definition) is 3. The molecule has 18 heavy (non-hydrogen) atoms. The number of nitrogens with one attached hydrogen (secondary N) is 1. The number of sulfonamides is 1. The second-order valence-electron chi connectivity index (χ2n) is 4.43. The van der Waals surface area contributed by atoms with E-state index in [1.807, 2.05) is 6.92 Å². The Morgan fingerprint density at radius 3 is 2.67 bits per heavy atom. The first-order chi connectivity index (χ1) is 8.47. The molecule has 104 valence electrons. The first-order valence-corrected chi connectivity index (χ1v) is 9.38. The first-order valence-electron chi connectivity index (χ1n) is 6.22. The van der Waals surface area contributed by atoms with Crippen molar-refractivity contribution in [2.24, 2.45) is 0 Å². The van der Waals surface area contributed by atoms with Crippen LogP contribution in [0.25, 0.3) is 0 Å². The van der Waals surface area contributed by atoms with Gasteiger partial charge in [0.1, 0.15) is 4.21 Å². The van der Waals surface area contributed by atoms with Crippen molar-refractivity contribution in [1.82, 2.24) is 4.72 Å². The molecule has 1 atom stereocenters. The lowest BCUT2D eigenvalue weighted by Crippen LogP contribution is -2.32. The molecule has 0 aliphatic carbocycles. The van der Waals surface area contributed by atoms with Gasteiger partial charge in [-0.3, -0.25) is 0 Å². The van der Waals surface area contributed by atoms with Crippen LogP contribution in [0.2, 0.25) is 0 Å². The Kier molecular flexibility index (Phi) is 6.84. The molecule has 1 rings (SSSR count). The monoisotopic (exact) mass is 353 g/mol. The van der Waals surface area contributed by atoms with Gasteiger partial charge in [-0.1, -0.05) is 32.6 Å². The molecule has 0 aromatic carbocycles. The Morgan fingerprint density at radius 1 is 1.39 bits per heavy atom. The highest BCUT2D eigenvalue weighted by Gasteiger charge is 2.21. The highest BCUT2D eigenvalue weighted by Crippen LogP contribution is 2.27. The standard InChI is InChI=1S/C12H20BrNO2S2/c1-3-4-5-6-7-10(2)14-18(15,16)12-11(13)8-9-17-12/h8-10,14H,3-7H2,1-2H3. The molecule has 0 amide bonds. The normalized spacial score (nSPS) is 13.7. The summed E-state index contributed by atoms with van der Waals surface area (Å²) in [5.74, 6) is 0. The number of thiophene rings is 1. The quantitative estimate of drug-likeness (QED) is 0.713. The van der Waals surface area contributed by atoms with Crippen LogP contribution in [-0.2, 0) is 10.0 Å². The van der Waals surface area contributed by atoms with Gasteiger partial charge in [-0.2, -0.15) is 0 Å². The molecule has 1 unspecified atom stereocenters. The minimum Gasteiger partial charge on any atom is -0.208 e. The highest BCUT2D eigenvalue weighted by atomic mass is 79.9. The van der Waals surface area contributed by atoms with Gasteiger partial charge in [0.25, 0.3) is 10.0 Å². The fourth-order valence-electron chi connectivity index (χ4n) is 1.73. The number of unbranched alkanes of at least 4 members (excludes halogenated alkanes) is 3. The lowest BCUT2D eigenvalue weighted by Gasteiger charge is -2.13. The third-order valence-electron chi connectivity index (χ3n) is 2.68. The summed E-state index contributed by atoms with van der Waals surface area (Å²) in [6.07, 6.45) is 5.55. The molecule has 0 aliphatic heterocycles. The molecule has 0 saturated heterocycles. The third-order valence-corrected chi connectivity index (χ3v) is 6.94. The smallest absolute Gasteiger partial charge is 0.208 e. The molecule has 0 radical (unpaired) electrons. The maximum atomic E-state index is 12.1. The molecule has 0 saturated carbocycles. The summed E-state index contributed by atoms with van der Waals surface area (Å²) in [5.41, 5.74) is 0. The average Bonchev–Trinajstić information content (AvgIpc) is 2.71. The van der Waals surface area contributed by atoms with Crippen LogP contribution in [0, 0.1) is 0 Å². The second-order valence-corrected chi connectivity index (χ2v) is 8.11. The molecule has 0 bridgehead atoms. The lowest BCUT2D eigenvalue weighted by molar-refractivity contribution is 0.523. The van der Waals surface area contributed by atoms with Crippen LogP contribution in [0.4, 0.5) is 0 Å². The summed E-state index contributed by atoms with van der Waals surface area (Å²) >= 11 is 4.49. The van der Waals surface area contributed by atoms with Gasteiger partial charge in [-0.25, -0.2) is 13.1 Å². The van der Waals surface area contributed by atoms with E-state index in [1.54, 1.807) is 11.4 Å². The van der Waals surface area contributed by atoms with Crippen molar-refractivity contribution in [3.63, 3.8) is 0 Å². The molecule has 1 aromatic rings. The Hall–Kier alpha value is 0.0900. The second kappa shape index (κ2) is 7.62. The van der Waals surface area contributed by atoms with Crippen molar-refractivity contribution >= 4 is 37.3 Å². The SMILES string of the molecule is CCCCCCC(C)NS(=O)(=O)c1sccc1Br. The van der Waals surface area contributed by atoms with Crippen molar-refractivity contribution < 1.29 is 8.42 Å². The van der Waals surface area contributed by atoms with Gasteiger partial charge in [0.2, 0.25) is 0 Å². The van der Waals surface area contributed by atoms with E-state index in [4.69, 9.17) is 0 Å². The van der Waals surface area contributed by atoms with Gasteiger partial charge in [0.15, 0.2) is 0 Å². The number of halogens is 1. The van der Waals surface area contributed by atoms with Crippen molar-refractivity contribution in [2.45, 2.75) is 56.2 Å². The molecular formula is C12H20BrNO2S2. The van der Waals surface area contributed by atoms with Crippen molar-refractivity contribution in [1.29, 1.82) is 0 Å². The van der Waals surface area contributed by atoms with E-state index < -0.39 is 10.0 Å². The molecule has 0 fully saturated rings.